The van der Waals surface area contributed by atoms with Gasteiger partial charge in [0, 0.05) is 18.2 Å². The first kappa shape index (κ1) is 17.3. The van der Waals surface area contributed by atoms with E-state index in [2.05, 4.69) is 16.4 Å². The number of fused-ring (bicyclic) bond motifs is 1. The van der Waals surface area contributed by atoms with E-state index in [0.29, 0.717) is 24.6 Å². The Kier molecular flexibility index (Phi) is 4.82. The van der Waals surface area contributed by atoms with Gasteiger partial charge in [-0.3, -0.25) is 4.79 Å². The molecule has 138 valence electrons. The van der Waals surface area contributed by atoms with Crippen LogP contribution in [0, 0.1) is 5.92 Å². The molecule has 1 saturated carbocycles. The Balaban J connectivity index is 1.44. The Bertz CT molecular complexity index is 801. The Labute approximate surface area is 156 Å². The third kappa shape index (κ3) is 3.68. The number of nitrogens with one attached hydrogen (secondary N) is 1. The second kappa shape index (κ2) is 7.25. The highest BCUT2D eigenvalue weighted by molar-refractivity contribution is 7.13. The summed E-state index contributed by atoms with van der Waals surface area (Å²) in [5.74, 6) is 1.21. The summed E-state index contributed by atoms with van der Waals surface area (Å²) in [5.41, 5.74) is 8.78. The Morgan fingerprint density at radius 3 is 3.04 bits per heavy atom. The summed E-state index contributed by atoms with van der Waals surface area (Å²) in [7, 11) is 0. The molecule has 1 aromatic carbocycles. The van der Waals surface area contributed by atoms with Gasteiger partial charge in [0.05, 0.1) is 24.4 Å². The van der Waals surface area contributed by atoms with Crippen molar-refractivity contribution in [1.29, 1.82) is 0 Å². The van der Waals surface area contributed by atoms with E-state index in [-0.39, 0.29) is 24.0 Å². The zero-order chi connectivity index (χ0) is 18.1. The number of benzene rings is 1. The Morgan fingerprint density at radius 2 is 2.31 bits per heavy atom. The maximum Gasteiger partial charge on any atom is 0.220 e. The van der Waals surface area contributed by atoms with E-state index in [4.69, 9.17) is 10.5 Å². The summed E-state index contributed by atoms with van der Waals surface area (Å²) in [6.45, 7) is 0.717. The van der Waals surface area contributed by atoms with E-state index in [0.717, 1.165) is 36.3 Å². The molecule has 1 amide bonds. The number of carbonyl (C=O) groups excluding carboxylic acids is 1. The molecule has 0 bridgehead atoms. The lowest BCUT2D eigenvalue weighted by atomic mass is 9.74. The van der Waals surface area contributed by atoms with Crippen molar-refractivity contribution in [1.82, 2.24) is 10.3 Å². The number of nitrogens with two attached hydrogens (primary N) is 1. The minimum Gasteiger partial charge on any atom is -0.493 e. The molecular formula is C19H23N3O3S. The number of hydrogen-bond donors (Lipinski definition) is 3. The number of amides is 1. The zero-order valence-electron chi connectivity index (χ0n) is 14.5. The van der Waals surface area contributed by atoms with Crippen LogP contribution in [0.5, 0.6) is 5.75 Å². The summed E-state index contributed by atoms with van der Waals surface area (Å²) in [4.78, 5) is 16.7. The number of nitrogen functional groups attached to an aromatic ring is 1. The lowest BCUT2D eigenvalue weighted by Crippen LogP contribution is -2.41. The van der Waals surface area contributed by atoms with E-state index in [1.807, 2.05) is 17.5 Å². The first-order chi connectivity index (χ1) is 12.6. The van der Waals surface area contributed by atoms with Gasteiger partial charge >= 0.3 is 0 Å². The maximum absolute atomic E-state index is 12.5. The van der Waals surface area contributed by atoms with Crippen molar-refractivity contribution in [2.75, 3.05) is 12.3 Å². The van der Waals surface area contributed by atoms with Crippen LogP contribution in [0.15, 0.2) is 23.6 Å². The normalized spacial score (nSPS) is 22.2. The lowest BCUT2D eigenvalue weighted by molar-refractivity contribution is -0.123. The molecular weight excluding hydrogens is 350 g/mol. The summed E-state index contributed by atoms with van der Waals surface area (Å²) < 4.78 is 5.58. The topological polar surface area (TPSA) is 97.5 Å². The number of rotatable bonds is 6. The molecule has 4 rings (SSSR count). The minimum absolute atomic E-state index is 0.000269. The second-order valence-electron chi connectivity index (χ2n) is 7.07. The van der Waals surface area contributed by atoms with Gasteiger partial charge in [0.15, 0.2) is 5.13 Å². The van der Waals surface area contributed by atoms with Gasteiger partial charge in [-0.2, -0.15) is 0 Å². The molecule has 2 heterocycles. The third-order valence-corrected chi connectivity index (χ3v) is 5.91. The number of ether oxygens (including phenoxy) is 1. The summed E-state index contributed by atoms with van der Waals surface area (Å²) in [6, 6.07) is 6.08. The number of aliphatic hydroxyl groups excluding tert-OH is 1. The number of hydrogen-bond acceptors (Lipinski definition) is 6. The summed E-state index contributed by atoms with van der Waals surface area (Å²) in [5, 5.41) is 15.3. The number of nitrogens with zero attached hydrogens (tertiary/aromatic N) is 1. The molecule has 4 N–H and O–H groups in total. The molecule has 1 aromatic heterocycles. The van der Waals surface area contributed by atoms with Crippen molar-refractivity contribution in [3.8, 4) is 5.75 Å². The van der Waals surface area contributed by atoms with Crippen LogP contribution in [0.3, 0.4) is 0 Å². The Hall–Kier alpha value is -2.12. The third-order valence-electron chi connectivity index (χ3n) is 5.19. The molecule has 1 aliphatic carbocycles. The summed E-state index contributed by atoms with van der Waals surface area (Å²) >= 11 is 1.39. The highest BCUT2D eigenvalue weighted by Crippen LogP contribution is 2.39. The van der Waals surface area contributed by atoms with Crippen LogP contribution in [0.1, 0.15) is 42.1 Å². The summed E-state index contributed by atoms with van der Waals surface area (Å²) in [6.07, 6.45) is 3.06. The van der Waals surface area contributed by atoms with Crippen molar-refractivity contribution in [3.05, 3.63) is 40.4 Å². The molecule has 2 aliphatic rings. The molecule has 0 spiro atoms. The number of aryl methyl sites for hydroxylation is 1. The molecule has 7 heteroatoms. The highest BCUT2D eigenvalue weighted by Gasteiger charge is 2.36. The molecule has 26 heavy (non-hydrogen) atoms. The van der Waals surface area contributed by atoms with Crippen LogP contribution in [0.4, 0.5) is 5.13 Å². The molecule has 2 aromatic rings. The van der Waals surface area contributed by atoms with Gasteiger partial charge in [-0.1, -0.05) is 6.07 Å². The van der Waals surface area contributed by atoms with Gasteiger partial charge < -0.3 is 20.9 Å². The van der Waals surface area contributed by atoms with Crippen LogP contribution in [0.2, 0.25) is 0 Å². The smallest absolute Gasteiger partial charge is 0.220 e. The second-order valence-corrected chi connectivity index (χ2v) is 7.96. The minimum atomic E-state index is -0.254. The first-order valence-corrected chi connectivity index (χ1v) is 9.89. The molecule has 1 atom stereocenters. The average Bonchev–Trinajstić information content (AvgIpc) is 3.23. The molecule has 6 nitrogen and oxygen atoms in total. The molecule has 1 fully saturated rings. The standard InChI is InChI=1S/C19H23N3O3S/c20-19-21-14(10-26-19)2-4-17(24)22-18(13-8-15(23)9-13)12-1-3-16-11(7-12)5-6-25-16/h1,3,7,10,13,15,18,23H,2,4-6,8-9H2,(H2,20,21)(H,22,24)/t13?,15?,18-/m0/s1. The van der Waals surface area contributed by atoms with Crippen molar-refractivity contribution < 1.29 is 14.6 Å². The monoisotopic (exact) mass is 373 g/mol. The van der Waals surface area contributed by atoms with E-state index in [1.165, 1.54) is 16.9 Å². The number of aliphatic hydroxyl groups is 1. The predicted molar refractivity (Wildman–Crippen MR) is 100 cm³/mol. The highest BCUT2D eigenvalue weighted by atomic mass is 32.1. The van der Waals surface area contributed by atoms with E-state index >= 15 is 0 Å². The SMILES string of the molecule is Nc1nc(CCC(=O)N[C@@H](c2ccc3c(c2)CCO3)C2CC(O)C2)cs1. The first-order valence-electron chi connectivity index (χ1n) is 9.01. The van der Waals surface area contributed by atoms with Gasteiger partial charge in [-0.05, 0) is 48.4 Å². The van der Waals surface area contributed by atoms with Crippen LogP contribution >= 0.6 is 11.3 Å². The molecule has 1 aliphatic heterocycles. The van der Waals surface area contributed by atoms with Crippen molar-refractivity contribution >= 4 is 22.4 Å². The fourth-order valence-corrected chi connectivity index (χ4v) is 4.30. The predicted octanol–water partition coefficient (Wildman–Crippen LogP) is 2.22. The van der Waals surface area contributed by atoms with Gasteiger partial charge in [0.25, 0.3) is 0 Å². The Morgan fingerprint density at radius 1 is 1.46 bits per heavy atom. The lowest BCUT2D eigenvalue weighted by Gasteiger charge is -2.38. The zero-order valence-corrected chi connectivity index (χ0v) is 15.3. The molecule has 0 radical (unpaired) electrons. The average molecular weight is 373 g/mol. The van der Waals surface area contributed by atoms with Crippen molar-refractivity contribution in [3.63, 3.8) is 0 Å². The van der Waals surface area contributed by atoms with E-state index in [1.54, 1.807) is 0 Å². The fraction of sp³-hybridized carbons (Fsp3) is 0.474. The van der Waals surface area contributed by atoms with Crippen LogP contribution in [0.25, 0.3) is 0 Å². The van der Waals surface area contributed by atoms with Gasteiger partial charge in [0.1, 0.15) is 5.75 Å². The number of aromatic nitrogens is 1. The van der Waals surface area contributed by atoms with E-state index < -0.39 is 0 Å². The molecule has 0 saturated heterocycles. The molecule has 0 unspecified atom stereocenters. The van der Waals surface area contributed by atoms with Gasteiger partial charge in [0.2, 0.25) is 5.91 Å². The fourth-order valence-electron chi connectivity index (χ4n) is 3.70. The van der Waals surface area contributed by atoms with Crippen LogP contribution < -0.4 is 15.8 Å². The van der Waals surface area contributed by atoms with Gasteiger partial charge in [-0.15, -0.1) is 11.3 Å². The van der Waals surface area contributed by atoms with Crippen LogP contribution in [-0.2, 0) is 17.6 Å². The number of thiazole rings is 1. The quantitative estimate of drug-likeness (QED) is 0.721. The maximum atomic E-state index is 12.5. The van der Waals surface area contributed by atoms with E-state index in [9.17, 15) is 9.90 Å². The number of anilines is 1. The van der Waals surface area contributed by atoms with Crippen molar-refractivity contribution in [2.45, 2.75) is 44.2 Å². The number of carbonyl (C=O) groups is 1. The van der Waals surface area contributed by atoms with Gasteiger partial charge in [-0.25, -0.2) is 4.98 Å². The van der Waals surface area contributed by atoms with Crippen LogP contribution in [-0.4, -0.2) is 28.7 Å². The largest absolute Gasteiger partial charge is 0.493 e. The van der Waals surface area contributed by atoms with Crippen molar-refractivity contribution in [2.24, 2.45) is 5.92 Å².